The molecule has 8 heteroatoms. The van der Waals surface area contributed by atoms with E-state index >= 15 is 0 Å². The predicted octanol–water partition coefficient (Wildman–Crippen LogP) is 1.43. The first-order valence-corrected chi connectivity index (χ1v) is 8.68. The molecule has 2 aromatic carbocycles. The lowest BCUT2D eigenvalue weighted by atomic mass is 9.92. The van der Waals surface area contributed by atoms with Gasteiger partial charge in [-0.15, -0.1) is 0 Å². The molecule has 0 radical (unpaired) electrons. The molecule has 3 amide bonds. The fourth-order valence-electron chi connectivity index (χ4n) is 2.88. The van der Waals surface area contributed by atoms with Crippen molar-refractivity contribution in [3.63, 3.8) is 0 Å². The molecule has 8 nitrogen and oxygen atoms in total. The molecule has 2 unspecified atom stereocenters. The highest BCUT2D eigenvalue weighted by Gasteiger charge is 2.46. The number of aliphatic imine (C=N–C) groups is 1. The number of amides is 3. The highest BCUT2D eigenvalue weighted by molar-refractivity contribution is 6.06. The Kier molecular flexibility index (Phi) is 5.12. The average Bonchev–Trinajstić information content (AvgIpc) is 3.07. The van der Waals surface area contributed by atoms with Crippen LogP contribution in [0.2, 0.25) is 0 Å². The first kappa shape index (κ1) is 19.1. The fraction of sp³-hybridized carbons (Fsp3) is 0.200. The molecule has 0 saturated heterocycles. The second-order valence-electron chi connectivity index (χ2n) is 6.73. The van der Waals surface area contributed by atoms with Crippen molar-refractivity contribution in [2.45, 2.75) is 25.4 Å². The maximum absolute atomic E-state index is 12.5. The number of carbonyl (C=O) groups is 3. The average molecular weight is 379 g/mol. The van der Waals surface area contributed by atoms with Crippen molar-refractivity contribution >= 4 is 35.4 Å². The van der Waals surface area contributed by atoms with E-state index in [1.165, 1.54) is 13.3 Å². The first-order valence-electron chi connectivity index (χ1n) is 8.68. The fourth-order valence-corrected chi connectivity index (χ4v) is 2.88. The molecule has 5 N–H and O–H groups in total. The molecule has 2 aromatic rings. The van der Waals surface area contributed by atoms with Crippen LogP contribution in [-0.4, -0.2) is 35.6 Å². The van der Waals surface area contributed by atoms with Gasteiger partial charge in [0.05, 0.1) is 6.34 Å². The van der Waals surface area contributed by atoms with E-state index in [2.05, 4.69) is 20.9 Å². The van der Waals surface area contributed by atoms with Gasteiger partial charge in [0.15, 0.2) is 6.04 Å². The summed E-state index contributed by atoms with van der Waals surface area (Å²) in [5, 5.41) is 8.24. The van der Waals surface area contributed by atoms with Crippen molar-refractivity contribution in [3.05, 3.63) is 59.7 Å². The molecule has 144 valence electrons. The standard InChI is InChI=1S/C20H21N5O3/c1-12-5-3-4-6-15(12)17(26)24-13-7-9-14(10-8-13)25-18(27)16-20(2,19(21)28)23-11-22-16/h3-11,16H,1-2H3,(H2,21,28)(H,22,23)(H,24,26)(H,25,27). The summed E-state index contributed by atoms with van der Waals surface area (Å²) in [4.78, 5) is 40.5. The van der Waals surface area contributed by atoms with Crippen LogP contribution < -0.4 is 21.7 Å². The highest BCUT2D eigenvalue weighted by atomic mass is 16.2. The molecule has 0 spiro atoms. The number of carbonyl (C=O) groups excluding carboxylic acids is 3. The van der Waals surface area contributed by atoms with E-state index in [1.54, 1.807) is 36.4 Å². The topological polar surface area (TPSA) is 126 Å². The number of nitrogens with zero attached hydrogens (tertiary/aromatic N) is 1. The number of aryl methyl sites for hydroxylation is 1. The smallest absolute Gasteiger partial charge is 0.255 e. The van der Waals surface area contributed by atoms with Crippen LogP contribution in [0.5, 0.6) is 0 Å². The number of primary amides is 1. The highest BCUT2D eigenvalue weighted by Crippen LogP contribution is 2.21. The van der Waals surface area contributed by atoms with Gasteiger partial charge >= 0.3 is 0 Å². The van der Waals surface area contributed by atoms with E-state index < -0.39 is 23.4 Å². The van der Waals surface area contributed by atoms with Crippen molar-refractivity contribution in [1.82, 2.24) is 5.32 Å². The summed E-state index contributed by atoms with van der Waals surface area (Å²) in [6, 6.07) is 13.0. The normalized spacial score (nSPS) is 20.3. The lowest BCUT2D eigenvalue weighted by Crippen LogP contribution is -2.59. The quantitative estimate of drug-likeness (QED) is 0.627. The molecular formula is C20H21N5O3. The summed E-state index contributed by atoms with van der Waals surface area (Å²) in [6.45, 7) is 3.39. The molecule has 28 heavy (non-hydrogen) atoms. The van der Waals surface area contributed by atoms with E-state index in [1.807, 2.05) is 19.1 Å². The zero-order valence-electron chi connectivity index (χ0n) is 15.5. The Bertz CT molecular complexity index is 955. The summed E-state index contributed by atoms with van der Waals surface area (Å²) < 4.78 is 0. The zero-order chi connectivity index (χ0) is 20.3. The van der Waals surface area contributed by atoms with Crippen molar-refractivity contribution in [2.24, 2.45) is 10.7 Å². The van der Waals surface area contributed by atoms with E-state index in [4.69, 9.17) is 5.73 Å². The number of nitrogens with one attached hydrogen (secondary N) is 3. The minimum Gasteiger partial charge on any atom is -0.368 e. The molecule has 3 rings (SSSR count). The monoisotopic (exact) mass is 379 g/mol. The van der Waals surface area contributed by atoms with Gasteiger partial charge in [-0.25, -0.2) is 0 Å². The van der Waals surface area contributed by atoms with Gasteiger partial charge in [0, 0.05) is 16.9 Å². The Hall–Kier alpha value is -3.68. The molecule has 1 heterocycles. The number of nitrogens with two attached hydrogens (primary N) is 1. The van der Waals surface area contributed by atoms with Gasteiger partial charge in [-0.3, -0.25) is 19.4 Å². The van der Waals surface area contributed by atoms with Crippen LogP contribution >= 0.6 is 0 Å². The molecule has 0 aromatic heterocycles. The van der Waals surface area contributed by atoms with Crippen LogP contribution in [0.15, 0.2) is 53.5 Å². The van der Waals surface area contributed by atoms with Gasteiger partial charge in [-0.05, 0) is 49.7 Å². The number of hydrogen-bond acceptors (Lipinski definition) is 5. The third kappa shape index (κ3) is 3.71. The second kappa shape index (κ2) is 7.51. The van der Waals surface area contributed by atoms with Crippen molar-refractivity contribution in [3.8, 4) is 0 Å². The molecule has 2 atom stereocenters. The van der Waals surface area contributed by atoms with Crippen LogP contribution in [0, 0.1) is 6.92 Å². The third-order valence-electron chi connectivity index (χ3n) is 4.70. The summed E-state index contributed by atoms with van der Waals surface area (Å²) >= 11 is 0. The number of benzene rings is 2. The Morgan fingerprint density at radius 1 is 1.04 bits per heavy atom. The molecule has 1 aliphatic rings. The molecule has 0 aliphatic carbocycles. The lowest BCUT2D eigenvalue weighted by molar-refractivity contribution is -0.128. The maximum atomic E-state index is 12.5. The largest absolute Gasteiger partial charge is 0.368 e. The first-order chi connectivity index (χ1) is 13.3. The van der Waals surface area contributed by atoms with Gasteiger partial charge in [-0.1, -0.05) is 18.2 Å². The van der Waals surface area contributed by atoms with Crippen LogP contribution in [-0.2, 0) is 9.59 Å². The number of anilines is 2. The van der Waals surface area contributed by atoms with E-state index in [0.29, 0.717) is 16.9 Å². The maximum Gasteiger partial charge on any atom is 0.255 e. The van der Waals surface area contributed by atoms with Gasteiger partial charge in [-0.2, -0.15) is 0 Å². The number of hydrogen-bond donors (Lipinski definition) is 4. The molecule has 0 saturated carbocycles. The minimum absolute atomic E-state index is 0.210. The predicted molar refractivity (Wildman–Crippen MR) is 107 cm³/mol. The summed E-state index contributed by atoms with van der Waals surface area (Å²) in [5.41, 5.74) is 6.68. The van der Waals surface area contributed by atoms with Crippen LogP contribution in [0.1, 0.15) is 22.8 Å². The zero-order valence-corrected chi connectivity index (χ0v) is 15.5. The van der Waals surface area contributed by atoms with Gasteiger partial charge in [0.1, 0.15) is 5.54 Å². The Morgan fingerprint density at radius 2 is 1.64 bits per heavy atom. The summed E-state index contributed by atoms with van der Waals surface area (Å²) in [6.07, 6.45) is 1.30. The summed E-state index contributed by atoms with van der Waals surface area (Å²) in [5.74, 6) is -1.34. The van der Waals surface area contributed by atoms with Crippen molar-refractivity contribution in [2.75, 3.05) is 10.6 Å². The van der Waals surface area contributed by atoms with Crippen LogP contribution in [0.4, 0.5) is 11.4 Å². The van der Waals surface area contributed by atoms with Crippen molar-refractivity contribution in [1.29, 1.82) is 0 Å². The molecule has 1 aliphatic heterocycles. The van der Waals surface area contributed by atoms with Gasteiger partial charge in [0.25, 0.3) is 11.8 Å². The SMILES string of the molecule is Cc1ccccc1C(=O)Nc1ccc(NC(=O)C2N=CNC2(C)C(N)=O)cc1. The Balaban J connectivity index is 1.66. The minimum atomic E-state index is -1.27. The van der Waals surface area contributed by atoms with Gasteiger partial charge in [0.2, 0.25) is 5.91 Å². The Labute approximate surface area is 162 Å². The lowest BCUT2D eigenvalue weighted by Gasteiger charge is -2.26. The molecule has 0 fully saturated rings. The molecular weight excluding hydrogens is 358 g/mol. The molecule has 0 bridgehead atoms. The Morgan fingerprint density at radius 3 is 2.25 bits per heavy atom. The van der Waals surface area contributed by atoms with E-state index in [-0.39, 0.29) is 5.91 Å². The second-order valence-corrected chi connectivity index (χ2v) is 6.73. The van der Waals surface area contributed by atoms with Crippen molar-refractivity contribution < 1.29 is 14.4 Å². The van der Waals surface area contributed by atoms with Crippen LogP contribution in [0.25, 0.3) is 0 Å². The van der Waals surface area contributed by atoms with E-state index in [0.717, 1.165) is 5.56 Å². The number of rotatable bonds is 5. The third-order valence-corrected chi connectivity index (χ3v) is 4.70. The van der Waals surface area contributed by atoms with Crippen LogP contribution in [0.3, 0.4) is 0 Å². The summed E-state index contributed by atoms with van der Waals surface area (Å²) in [7, 11) is 0. The van der Waals surface area contributed by atoms with Gasteiger partial charge < -0.3 is 21.7 Å². The van der Waals surface area contributed by atoms with E-state index in [9.17, 15) is 14.4 Å².